The van der Waals surface area contributed by atoms with Gasteiger partial charge in [-0.3, -0.25) is 0 Å². The lowest BCUT2D eigenvalue weighted by atomic mass is 10.1. The van der Waals surface area contributed by atoms with Crippen molar-refractivity contribution in [2.75, 3.05) is 11.6 Å². The first kappa shape index (κ1) is 13.5. The monoisotopic (exact) mass is 318 g/mol. The van der Waals surface area contributed by atoms with Crippen molar-refractivity contribution in [1.82, 2.24) is 4.98 Å². The van der Waals surface area contributed by atoms with Gasteiger partial charge in [0.05, 0.1) is 5.69 Å². The van der Waals surface area contributed by atoms with Crippen LogP contribution in [-0.2, 0) is 6.42 Å². The third-order valence-electron chi connectivity index (χ3n) is 2.15. The van der Waals surface area contributed by atoms with Crippen molar-refractivity contribution in [3.8, 4) is 11.3 Å². The minimum atomic E-state index is 0. The first-order chi connectivity index (χ1) is 7.29. The van der Waals surface area contributed by atoms with Crippen LogP contribution in [0.15, 0.2) is 29.6 Å². The Labute approximate surface area is 114 Å². The molecule has 0 spiro atoms. The van der Waals surface area contributed by atoms with Crippen molar-refractivity contribution in [3.63, 3.8) is 0 Å². The quantitative estimate of drug-likeness (QED) is 0.875. The number of anilines is 1. The molecule has 2 aromatic rings. The van der Waals surface area contributed by atoms with Gasteiger partial charge in [-0.1, -0.05) is 24.3 Å². The predicted molar refractivity (Wildman–Crippen MR) is 76.7 cm³/mol. The Morgan fingerprint density at radius 3 is 2.44 bits per heavy atom. The van der Waals surface area contributed by atoms with Gasteiger partial charge in [0.15, 0.2) is 5.13 Å². The van der Waals surface area contributed by atoms with E-state index in [1.54, 1.807) is 0 Å². The minimum absolute atomic E-state index is 0. The van der Waals surface area contributed by atoms with Gasteiger partial charge in [-0.2, -0.15) is 0 Å². The zero-order chi connectivity index (χ0) is 10.7. The Kier molecular flexibility index (Phi) is 5.25. The molecule has 2 rings (SSSR count). The van der Waals surface area contributed by atoms with Crippen LogP contribution in [0.3, 0.4) is 0 Å². The normalized spacial score (nSPS) is 9.81. The lowest BCUT2D eigenvalue weighted by molar-refractivity contribution is 1.15. The maximum atomic E-state index is 5.67. The molecule has 16 heavy (non-hydrogen) atoms. The van der Waals surface area contributed by atoms with Crippen molar-refractivity contribution in [3.05, 3.63) is 35.2 Å². The van der Waals surface area contributed by atoms with Crippen molar-refractivity contribution in [2.24, 2.45) is 0 Å². The van der Waals surface area contributed by atoms with Crippen molar-refractivity contribution >= 4 is 45.1 Å². The highest BCUT2D eigenvalue weighted by Gasteiger charge is 2.01. The summed E-state index contributed by atoms with van der Waals surface area (Å²) in [6, 6.07) is 8.26. The molecule has 86 valence electrons. The molecule has 0 aliphatic carbocycles. The molecule has 0 amide bonds. The smallest absolute Gasteiger partial charge is 0.180 e. The molecule has 1 aromatic carbocycles. The number of alkyl halides is 1. The molecule has 5 heteroatoms. The number of aromatic nitrogens is 1. The van der Waals surface area contributed by atoms with Crippen LogP contribution in [0.25, 0.3) is 11.3 Å². The van der Waals surface area contributed by atoms with Crippen molar-refractivity contribution in [2.45, 2.75) is 6.42 Å². The number of rotatable bonds is 3. The molecule has 0 bridgehead atoms. The first-order valence-electron chi connectivity index (χ1n) is 4.66. The van der Waals surface area contributed by atoms with Crippen LogP contribution >= 0.6 is 39.9 Å². The number of nitrogens with two attached hydrogens (primary N) is 1. The lowest BCUT2D eigenvalue weighted by Gasteiger charge is -1.99. The van der Waals surface area contributed by atoms with E-state index in [9.17, 15) is 0 Å². The van der Waals surface area contributed by atoms with Gasteiger partial charge in [-0.15, -0.1) is 39.9 Å². The molecular weight excluding hydrogens is 308 g/mol. The number of hydrogen-bond acceptors (Lipinski definition) is 3. The van der Waals surface area contributed by atoms with Crippen LogP contribution in [0.2, 0.25) is 0 Å². The van der Waals surface area contributed by atoms with E-state index in [4.69, 9.17) is 17.3 Å². The molecule has 0 aliphatic rings. The van der Waals surface area contributed by atoms with Crippen LogP contribution in [0.5, 0.6) is 0 Å². The summed E-state index contributed by atoms with van der Waals surface area (Å²) in [5, 5.41) is 2.57. The van der Waals surface area contributed by atoms with E-state index >= 15 is 0 Å². The van der Waals surface area contributed by atoms with E-state index < -0.39 is 0 Å². The third-order valence-corrected chi connectivity index (χ3v) is 3.02. The highest BCUT2D eigenvalue weighted by molar-refractivity contribution is 8.93. The molecule has 0 atom stereocenters. The molecule has 0 saturated heterocycles. The standard InChI is InChI=1S/C11H11ClN2S.BrH/c12-6-5-8-1-3-9(4-2-8)10-7-15-11(13)14-10;/h1-4,7H,5-6H2,(H2,13,14);1H. The number of nitrogen functional groups attached to an aromatic ring is 1. The molecule has 0 radical (unpaired) electrons. The van der Waals surface area contributed by atoms with E-state index in [0.717, 1.165) is 17.7 Å². The lowest BCUT2D eigenvalue weighted by Crippen LogP contribution is -1.86. The number of benzene rings is 1. The number of halogens is 2. The first-order valence-corrected chi connectivity index (χ1v) is 6.07. The SMILES string of the molecule is Br.Nc1nc(-c2ccc(CCCl)cc2)cs1. The Morgan fingerprint density at radius 1 is 1.25 bits per heavy atom. The molecule has 2 N–H and O–H groups in total. The maximum Gasteiger partial charge on any atom is 0.180 e. The summed E-state index contributed by atoms with van der Waals surface area (Å²) in [7, 11) is 0. The zero-order valence-corrected chi connectivity index (χ0v) is 11.8. The number of hydrogen-bond donors (Lipinski definition) is 1. The summed E-state index contributed by atoms with van der Waals surface area (Å²) < 4.78 is 0. The molecule has 0 unspecified atom stereocenters. The molecule has 1 heterocycles. The Morgan fingerprint density at radius 2 is 1.94 bits per heavy atom. The fourth-order valence-electron chi connectivity index (χ4n) is 1.37. The summed E-state index contributed by atoms with van der Waals surface area (Å²) in [5.41, 5.74) is 8.87. The van der Waals surface area contributed by atoms with E-state index in [0.29, 0.717) is 11.0 Å². The van der Waals surface area contributed by atoms with Gasteiger partial charge in [-0.25, -0.2) is 4.98 Å². The second-order valence-electron chi connectivity index (χ2n) is 3.21. The number of nitrogens with zero attached hydrogens (tertiary/aromatic N) is 1. The second kappa shape index (κ2) is 6.23. The van der Waals surface area contributed by atoms with Gasteiger partial charge in [-0.05, 0) is 12.0 Å². The minimum Gasteiger partial charge on any atom is -0.375 e. The molecule has 2 nitrogen and oxygen atoms in total. The fraction of sp³-hybridized carbons (Fsp3) is 0.182. The summed E-state index contributed by atoms with van der Waals surface area (Å²) in [5.74, 6) is 0.656. The fourth-order valence-corrected chi connectivity index (χ4v) is 2.16. The average Bonchev–Trinajstić information content (AvgIpc) is 2.67. The zero-order valence-electron chi connectivity index (χ0n) is 8.52. The summed E-state index contributed by atoms with van der Waals surface area (Å²) in [6.07, 6.45) is 0.904. The van der Waals surface area contributed by atoms with Crippen molar-refractivity contribution < 1.29 is 0 Å². The average molecular weight is 320 g/mol. The predicted octanol–water partition coefficient (Wildman–Crippen LogP) is 3.75. The van der Waals surface area contributed by atoms with Gasteiger partial charge < -0.3 is 5.73 Å². The second-order valence-corrected chi connectivity index (χ2v) is 4.47. The number of aryl methyl sites for hydroxylation is 1. The Balaban J connectivity index is 0.00000128. The van der Waals surface area contributed by atoms with Crippen molar-refractivity contribution in [1.29, 1.82) is 0 Å². The molecule has 0 saturated carbocycles. The van der Waals surface area contributed by atoms with E-state index in [2.05, 4.69) is 29.2 Å². The topological polar surface area (TPSA) is 38.9 Å². The van der Waals surface area contributed by atoms with Gasteiger partial charge in [0.2, 0.25) is 0 Å². The molecular formula is C11H12BrClN2S. The van der Waals surface area contributed by atoms with Gasteiger partial charge in [0.1, 0.15) is 0 Å². The largest absolute Gasteiger partial charge is 0.375 e. The van der Waals surface area contributed by atoms with E-state index in [1.807, 2.05) is 5.38 Å². The Bertz CT molecular complexity index is 442. The summed E-state index contributed by atoms with van der Waals surface area (Å²) in [4.78, 5) is 4.23. The van der Waals surface area contributed by atoms with Gasteiger partial charge in [0, 0.05) is 16.8 Å². The summed E-state index contributed by atoms with van der Waals surface area (Å²) >= 11 is 7.13. The van der Waals surface area contributed by atoms with Crippen LogP contribution in [-0.4, -0.2) is 10.9 Å². The van der Waals surface area contributed by atoms with Crippen LogP contribution in [0, 0.1) is 0 Å². The highest BCUT2D eigenvalue weighted by atomic mass is 79.9. The van der Waals surface area contributed by atoms with E-state index in [-0.39, 0.29) is 17.0 Å². The van der Waals surface area contributed by atoms with Gasteiger partial charge in [0.25, 0.3) is 0 Å². The van der Waals surface area contributed by atoms with Gasteiger partial charge >= 0.3 is 0 Å². The summed E-state index contributed by atoms with van der Waals surface area (Å²) in [6.45, 7) is 0. The number of thiazole rings is 1. The molecule has 0 fully saturated rings. The van der Waals surface area contributed by atoms with Crippen LogP contribution in [0.4, 0.5) is 5.13 Å². The molecule has 1 aromatic heterocycles. The van der Waals surface area contributed by atoms with Crippen LogP contribution < -0.4 is 5.73 Å². The Hall–Kier alpha value is -0.580. The third kappa shape index (κ3) is 3.20. The molecule has 0 aliphatic heterocycles. The van der Waals surface area contributed by atoms with Crippen LogP contribution in [0.1, 0.15) is 5.56 Å². The highest BCUT2D eigenvalue weighted by Crippen LogP contribution is 2.23. The van der Waals surface area contributed by atoms with E-state index in [1.165, 1.54) is 16.9 Å². The maximum absolute atomic E-state index is 5.67.